The Morgan fingerprint density at radius 2 is 2.00 bits per heavy atom. The number of piperazine rings is 1. The maximum atomic E-state index is 11.1. The van der Waals surface area contributed by atoms with Crippen molar-refractivity contribution < 1.29 is 14.3 Å². The van der Waals surface area contributed by atoms with E-state index in [9.17, 15) is 4.79 Å². The van der Waals surface area contributed by atoms with Crippen LogP contribution >= 0.6 is 11.3 Å². The van der Waals surface area contributed by atoms with Gasteiger partial charge in [-0.2, -0.15) is 0 Å². The van der Waals surface area contributed by atoms with Crippen LogP contribution in [-0.2, 0) is 11.3 Å². The Balaban J connectivity index is 1.32. The number of rotatable bonds is 4. The molecule has 0 atom stereocenters. The molecule has 1 aromatic carbocycles. The van der Waals surface area contributed by atoms with Gasteiger partial charge in [-0.15, -0.1) is 10.2 Å². The van der Waals surface area contributed by atoms with Gasteiger partial charge in [0.15, 0.2) is 11.5 Å². The molecule has 0 aliphatic carbocycles. The standard InChI is InChI=1S/C16H19N5O3S/c1-11(22)17-15-18-19-16(25-15)21-6-4-20(5-7-21)9-12-2-3-13-14(8-12)24-10-23-13/h2-3,8H,4-7,9-10H2,1H3,(H,17,18,22). The fraction of sp³-hybridized carbons (Fsp3) is 0.438. The van der Waals surface area contributed by atoms with Gasteiger partial charge in [0.1, 0.15) is 0 Å². The van der Waals surface area contributed by atoms with E-state index in [0.717, 1.165) is 49.4 Å². The smallest absolute Gasteiger partial charge is 0.231 e. The third-order valence-electron chi connectivity index (χ3n) is 4.18. The Morgan fingerprint density at radius 3 is 2.80 bits per heavy atom. The summed E-state index contributed by atoms with van der Waals surface area (Å²) in [5, 5.41) is 12.3. The van der Waals surface area contributed by atoms with Crippen LogP contribution in [0.1, 0.15) is 12.5 Å². The molecule has 1 fully saturated rings. The molecule has 8 nitrogen and oxygen atoms in total. The summed E-state index contributed by atoms with van der Waals surface area (Å²) in [6.45, 7) is 6.33. The Bertz CT molecular complexity index is 773. The number of nitrogens with zero attached hydrogens (tertiary/aromatic N) is 4. The van der Waals surface area contributed by atoms with Crippen molar-refractivity contribution in [2.75, 3.05) is 43.2 Å². The average molecular weight is 361 g/mol. The summed E-state index contributed by atoms with van der Waals surface area (Å²) in [5.74, 6) is 1.52. The first kappa shape index (κ1) is 16.1. The molecule has 1 aromatic heterocycles. The molecular weight excluding hydrogens is 342 g/mol. The third kappa shape index (κ3) is 3.67. The predicted molar refractivity (Wildman–Crippen MR) is 94.3 cm³/mol. The van der Waals surface area contributed by atoms with E-state index in [2.05, 4.69) is 37.4 Å². The number of carbonyl (C=O) groups excluding carboxylic acids is 1. The highest BCUT2D eigenvalue weighted by atomic mass is 32.1. The molecule has 25 heavy (non-hydrogen) atoms. The largest absolute Gasteiger partial charge is 0.454 e. The minimum atomic E-state index is -0.128. The van der Waals surface area contributed by atoms with Gasteiger partial charge in [0.2, 0.25) is 23.0 Å². The summed E-state index contributed by atoms with van der Waals surface area (Å²) in [6, 6.07) is 6.11. The molecule has 0 unspecified atom stereocenters. The van der Waals surface area contributed by atoms with E-state index in [-0.39, 0.29) is 5.91 Å². The van der Waals surface area contributed by atoms with E-state index in [4.69, 9.17) is 9.47 Å². The van der Waals surface area contributed by atoms with Gasteiger partial charge in [-0.25, -0.2) is 0 Å². The van der Waals surface area contributed by atoms with Gasteiger partial charge in [0.05, 0.1) is 0 Å². The highest BCUT2D eigenvalue weighted by Gasteiger charge is 2.21. The van der Waals surface area contributed by atoms with E-state index in [1.54, 1.807) is 0 Å². The number of ether oxygens (including phenoxy) is 2. The fourth-order valence-corrected chi connectivity index (χ4v) is 3.78. The van der Waals surface area contributed by atoms with Crippen molar-refractivity contribution in [1.29, 1.82) is 0 Å². The number of aromatic nitrogens is 2. The van der Waals surface area contributed by atoms with E-state index in [1.807, 2.05) is 6.07 Å². The van der Waals surface area contributed by atoms with Crippen molar-refractivity contribution in [2.24, 2.45) is 0 Å². The lowest BCUT2D eigenvalue weighted by Gasteiger charge is -2.34. The molecule has 2 aliphatic rings. The second-order valence-corrected chi connectivity index (χ2v) is 6.98. The molecule has 0 radical (unpaired) electrons. The Morgan fingerprint density at radius 1 is 1.20 bits per heavy atom. The number of fused-ring (bicyclic) bond motifs is 1. The minimum absolute atomic E-state index is 0.128. The van der Waals surface area contributed by atoms with Crippen molar-refractivity contribution >= 4 is 27.5 Å². The zero-order valence-electron chi connectivity index (χ0n) is 13.9. The first-order chi connectivity index (χ1) is 12.2. The second-order valence-electron chi connectivity index (χ2n) is 6.02. The topological polar surface area (TPSA) is 79.8 Å². The molecule has 1 amide bonds. The molecular formula is C16H19N5O3S. The normalized spacial score (nSPS) is 16.9. The van der Waals surface area contributed by atoms with Gasteiger partial charge < -0.3 is 19.7 Å². The van der Waals surface area contributed by atoms with Crippen LogP contribution in [-0.4, -0.2) is 54.0 Å². The summed E-state index contributed by atoms with van der Waals surface area (Å²) in [5.41, 5.74) is 1.22. The molecule has 2 aromatic rings. The molecule has 2 aliphatic heterocycles. The molecule has 1 N–H and O–H groups in total. The molecule has 3 heterocycles. The maximum absolute atomic E-state index is 11.1. The zero-order valence-corrected chi connectivity index (χ0v) is 14.7. The molecule has 0 saturated carbocycles. The number of nitrogens with one attached hydrogen (secondary N) is 1. The van der Waals surface area contributed by atoms with E-state index >= 15 is 0 Å². The summed E-state index contributed by atoms with van der Waals surface area (Å²) >= 11 is 1.41. The van der Waals surface area contributed by atoms with Crippen LogP contribution in [0.4, 0.5) is 10.3 Å². The van der Waals surface area contributed by atoms with Crippen LogP contribution < -0.4 is 19.7 Å². The van der Waals surface area contributed by atoms with Crippen LogP contribution in [0.2, 0.25) is 0 Å². The lowest BCUT2D eigenvalue weighted by molar-refractivity contribution is -0.114. The van der Waals surface area contributed by atoms with E-state index < -0.39 is 0 Å². The van der Waals surface area contributed by atoms with Crippen LogP contribution in [0.25, 0.3) is 0 Å². The van der Waals surface area contributed by atoms with Crippen LogP contribution in [0.15, 0.2) is 18.2 Å². The van der Waals surface area contributed by atoms with Crippen molar-refractivity contribution in [3.63, 3.8) is 0 Å². The van der Waals surface area contributed by atoms with Gasteiger partial charge in [0.25, 0.3) is 0 Å². The second kappa shape index (κ2) is 6.85. The Labute approximate surface area is 149 Å². The van der Waals surface area contributed by atoms with E-state index in [1.165, 1.54) is 23.8 Å². The number of hydrogen-bond donors (Lipinski definition) is 1. The van der Waals surface area contributed by atoms with Crippen LogP contribution in [0, 0.1) is 0 Å². The summed E-state index contributed by atoms with van der Waals surface area (Å²) < 4.78 is 10.8. The zero-order chi connectivity index (χ0) is 17.2. The van der Waals surface area contributed by atoms with Crippen molar-refractivity contribution in [3.8, 4) is 11.5 Å². The molecule has 0 bridgehead atoms. The number of anilines is 2. The lowest BCUT2D eigenvalue weighted by Crippen LogP contribution is -2.45. The number of amides is 1. The minimum Gasteiger partial charge on any atom is -0.454 e. The fourth-order valence-electron chi connectivity index (χ4n) is 2.94. The first-order valence-electron chi connectivity index (χ1n) is 8.14. The van der Waals surface area contributed by atoms with Crippen molar-refractivity contribution in [2.45, 2.75) is 13.5 Å². The van der Waals surface area contributed by atoms with Gasteiger partial charge in [-0.1, -0.05) is 17.4 Å². The molecule has 4 rings (SSSR count). The Hall–Kier alpha value is -2.39. The van der Waals surface area contributed by atoms with Gasteiger partial charge in [0, 0.05) is 39.6 Å². The predicted octanol–water partition coefficient (Wildman–Crippen LogP) is 1.55. The molecule has 132 valence electrons. The maximum Gasteiger partial charge on any atom is 0.231 e. The molecule has 0 spiro atoms. The number of benzene rings is 1. The quantitative estimate of drug-likeness (QED) is 0.885. The Kier molecular flexibility index (Phi) is 4.41. The highest BCUT2D eigenvalue weighted by Crippen LogP contribution is 2.33. The van der Waals surface area contributed by atoms with Gasteiger partial charge in [-0.3, -0.25) is 9.69 Å². The monoisotopic (exact) mass is 361 g/mol. The van der Waals surface area contributed by atoms with Gasteiger partial charge >= 0.3 is 0 Å². The SMILES string of the molecule is CC(=O)Nc1nnc(N2CCN(Cc3ccc4c(c3)OCO4)CC2)s1. The molecule has 1 saturated heterocycles. The third-order valence-corrected chi connectivity index (χ3v) is 5.08. The van der Waals surface area contributed by atoms with E-state index in [0.29, 0.717) is 11.9 Å². The number of carbonyl (C=O) groups is 1. The average Bonchev–Trinajstić information content (AvgIpc) is 3.24. The van der Waals surface area contributed by atoms with Crippen molar-refractivity contribution in [1.82, 2.24) is 15.1 Å². The summed E-state index contributed by atoms with van der Waals surface area (Å²) in [6.07, 6.45) is 0. The number of hydrogen-bond acceptors (Lipinski definition) is 8. The first-order valence-corrected chi connectivity index (χ1v) is 8.96. The van der Waals surface area contributed by atoms with Crippen molar-refractivity contribution in [3.05, 3.63) is 23.8 Å². The lowest BCUT2D eigenvalue weighted by atomic mass is 10.1. The van der Waals surface area contributed by atoms with Crippen LogP contribution in [0.5, 0.6) is 11.5 Å². The molecule has 9 heteroatoms. The van der Waals surface area contributed by atoms with Crippen LogP contribution in [0.3, 0.4) is 0 Å². The summed E-state index contributed by atoms with van der Waals surface area (Å²) in [4.78, 5) is 15.7. The summed E-state index contributed by atoms with van der Waals surface area (Å²) in [7, 11) is 0. The van der Waals surface area contributed by atoms with Gasteiger partial charge in [-0.05, 0) is 17.7 Å². The highest BCUT2D eigenvalue weighted by molar-refractivity contribution is 7.19.